The van der Waals surface area contributed by atoms with Crippen molar-refractivity contribution in [1.29, 1.82) is 0 Å². The van der Waals surface area contributed by atoms with Gasteiger partial charge in [-0.3, -0.25) is 14.4 Å². The molecule has 296 valence electrons. The van der Waals surface area contributed by atoms with Gasteiger partial charge in [-0.15, -0.1) is 0 Å². The molecule has 13 nitrogen and oxygen atoms in total. The van der Waals surface area contributed by atoms with E-state index in [2.05, 4.69) is 31.4 Å². The number of nitrogens with one attached hydrogen (secondary N) is 4. The van der Waals surface area contributed by atoms with Crippen molar-refractivity contribution in [3.63, 3.8) is 0 Å². The number of oxazole rings is 1. The quantitative estimate of drug-likeness (QED) is 0.168. The number of aryl methyl sites for hydroxylation is 1. The predicted molar refractivity (Wildman–Crippen MR) is 210 cm³/mol. The number of hydrogen-bond donors (Lipinski definition) is 4. The minimum Gasteiger partial charge on any atom is -0.497 e. The maximum Gasteiger partial charge on any atom is 0.296 e. The molecule has 5 atom stereocenters. The molecule has 4 heterocycles. The van der Waals surface area contributed by atoms with E-state index in [0.717, 1.165) is 68.9 Å². The number of allylic oxidation sites excluding steroid dienone is 1. The number of hydrogen-bond acceptors (Lipinski definition) is 9. The van der Waals surface area contributed by atoms with Crippen LogP contribution in [-0.2, 0) is 30.8 Å². The van der Waals surface area contributed by atoms with Gasteiger partial charge in [0, 0.05) is 41.6 Å². The van der Waals surface area contributed by atoms with Crippen molar-refractivity contribution in [2.75, 3.05) is 25.5 Å². The normalized spacial score (nSPS) is 28.9. The lowest BCUT2D eigenvalue weighted by atomic mass is 9.52. The first-order valence-electron chi connectivity index (χ1n) is 20.0. The average Bonchev–Trinajstić information content (AvgIpc) is 3.95. The second kappa shape index (κ2) is 13.4. The number of fused-ring (bicyclic) bond motifs is 4. The Kier molecular flexibility index (Phi) is 8.79. The lowest BCUT2D eigenvalue weighted by molar-refractivity contribution is -0.138. The maximum absolute atomic E-state index is 14.7. The lowest BCUT2D eigenvalue weighted by Gasteiger charge is -2.51. The van der Waals surface area contributed by atoms with E-state index in [4.69, 9.17) is 9.15 Å². The molecule has 3 saturated carbocycles. The zero-order chi connectivity index (χ0) is 39.0. The van der Waals surface area contributed by atoms with Crippen LogP contribution in [0.25, 0.3) is 22.0 Å². The number of anilines is 1. The summed E-state index contributed by atoms with van der Waals surface area (Å²) in [5, 5.41) is 7.13. The van der Waals surface area contributed by atoms with Crippen LogP contribution in [0.15, 0.2) is 63.9 Å². The van der Waals surface area contributed by atoms with Crippen molar-refractivity contribution in [1.82, 2.24) is 24.9 Å². The summed E-state index contributed by atoms with van der Waals surface area (Å²) in [4.78, 5) is 53.1. The largest absolute Gasteiger partial charge is 0.497 e. The van der Waals surface area contributed by atoms with Crippen molar-refractivity contribution in [3.8, 4) is 5.75 Å². The Hall–Kier alpha value is -4.85. The number of aromatic nitrogens is 2. The van der Waals surface area contributed by atoms with Gasteiger partial charge in [0.15, 0.2) is 5.58 Å². The summed E-state index contributed by atoms with van der Waals surface area (Å²) in [6, 6.07) is 11.9. The Labute approximate surface area is 326 Å². The Morgan fingerprint density at radius 3 is 2.64 bits per heavy atom. The maximum atomic E-state index is 14.7. The minimum absolute atomic E-state index is 0.00385. The van der Waals surface area contributed by atoms with Gasteiger partial charge in [-0.05, 0) is 93.4 Å². The Balaban J connectivity index is 0.979. The molecule has 3 aliphatic carbocycles. The number of carbonyl (C=O) groups excluding carboxylic acids is 3. The van der Waals surface area contributed by atoms with E-state index in [1.54, 1.807) is 31.4 Å². The van der Waals surface area contributed by atoms with E-state index in [9.17, 15) is 22.8 Å². The fraction of sp³-hybridized carbons (Fsp3) is 0.524. The molecule has 1 unspecified atom stereocenters. The molecule has 4 N–H and O–H groups in total. The van der Waals surface area contributed by atoms with Gasteiger partial charge in [0.05, 0.1) is 18.5 Å². The second-order valence-electron chi connectivity index (χ2n) is 17.2. The fourth-order valence-electron chi connectivity index (χ4n) is 9.96. The van der Waals surface area contributed by atoms with Crippen LogP contribution in [0.4, 0.5) is 6.01 Å². The summed E-state index contributed by atoms with van der Waals surface area (Å²) in [6.07, 6.45) is 12.7. The van der Waals surface area contributed by atoms with Gasteiger partial charge < -0.3 is 29.7 Å². The Bertz CT molecular complexity index is 2380. The van der Waals surface area contributed by atoms with Gasteiger partial charge in [0.2, 0.25) is 11.8 Å². The highest BCUT2D eigenvalue weighted by molar-refractivity contribution is 7.90. The topological polar surface area (TPSA) is 176 Å². The third-order valence-corrected chi connectivity index (χ3v) is 15.0. The van der Waals surface area contributed by atoms with Gasteiger partial charge in [-0.2, -0.15) is 4.98 Å². The first-order valence-corrected chi connectivity index (χ1v) is 21.5. The van der Waals surface area contributed by atoms with E-state index in [-0.39, 0.29) is 52.9 Å². The molecule has 2 aromatic carbocycles. The highest BCUT2D eigenvalue weighted by atomic mass is 32.2. The van der Waals surface area contributed by atoms with Crippen molar-refractivity contribution in [2.45, 2.75) is 94.5 Å². The van der Waals surface area contributed by atoms with Crippen LogP contribution in [0.2, 0.25) is 0 Å². The van der Waals surface area contributed by atoms with Crippen molar-refractivity contribution in [3.05, 3.63) is 60.3 Å². The molecule has 2 spiro atoms. The monoisotopic (exact) mass is 782 g/mol. The van der Waals surface area contributed by atoms with E-state index in [0.29, 0.717) is 28.9 Å². The van der Waals surface area contributed by atoms with Crippen LogP contribution in [-0.4, -0.2) is 72.8 Å². The third kappa shape index (κ3) is 6.06. The number of likely N-dealkylation sites (tertiary alicyclic amines) is 1. The first-order chi connectivity index (χ1) is 26.9. The second-order valence-corrected chi connectivity index (χ2v) is 18.8. The summed E-state index contributed by atoms with van der Waals surface area (Å²) < 4.78 is 41.5. The molecule has 4 fully saturated rings. The standard InChI is InChI=1S/C42H50N6O7S/c1-25(2)34(45-39-44-31-21-29(54-3)14-15-32(31)55-39)37(50)48-23-30(41(24-48)19-18-40(41)16-17-40)36(49)46-42-22-27(42)11-7-5-4-6-8-12-28-20-26-10-9-13-33(35(26)43-28)56(52,53)47-38(42)51/h7,9-11,13-15,20-21,25,27,30,34,43H,4-6,8,12,16-19,22-24H2,1-3H3,(H,44,45)(H,46,49)(H,47,51)/b11-7-/t27-,30+,34?,41-,42+/m0/s1. The number of nitrogens with zero attached hydrogens (tertiary/aromatic N) is 2. The van der Waals surface area contributed by atoms with Gasteiger partial charge in [-0.1, -0.05) is 44.6 Å². The molecular weight excluding hydrogens is 733 g/mol. The smallest absolute Gasteiger partial charge is 0.296 e. The van der Waals surface area contributed by atoms with Gasteiger partial charge in [0.1, 0.15) is 27.7 Å². The zero-order valence-electron chi connectivity index (χ0n) is 32.2. The number of para-hydroxylation sites is 1. The molecule has 14 heteroatoms. The van der Waals surface area contributed by atoms with E-state index in [1.165, 1.54) is 6.07 Å². The predicted octanol–water partition coefficient (Wildman–Crippen LogP) is 5.83. The molecule has 2 aromatic heterocycles. The number of aromatic amines is 1. The van der Waals surface area contributed by atoms with E-state index >= 15 is 0 Å². The Morgan fingerprint density at radius 2 is 1.89 bits per heavy atom. The van der Waals surface area contributed by atoms with Gasteiger partial charge >= 0.3 is 0 Å². The molecule has 9 rings (SSSR count). The molecule has 5 aliphatic rings. The lowest BCUT2D eigenvalue weighted by Crippen LogP contribution is -2.58. The summed E-state index contributed by atoms with van der Waals surface area (Å²) in [5.74, 6) is -1.58. The summed E-state index contributed by atoms with van der Waals surface area (Å²) in [5.41, 5.74) is 0.728. The van der Waals surface area contributed by atoms with Crippen molar-refractivity contribution < 1.29 is 32.0 Å². The van der Waals surface area contributed by atoms with Crippen molar-refractivity contribution in [2.24, 2.45) is 28.6 Å². The molecule has 4 aromatic rings. The number of carbonyl (C=O) groups is 3. The number of benzene rings is 2. The third-order valence-electron chi connectivity index (χ3n) is 13.6. The van der Waals surface area contributed by atoms with Crippen molar-refractivity contribution >= 4 is 55.8 Å². The first kappa shape index (κ1) is 36.8. The Morgan fingerprint density at radius 1 is 1.07 bits per heavy atom. The number of sulfonamides is 1. The van der Waals surface area contributed by atoms with E-state index in [1.807, 2.05) is 37.0 Å². The highest BCUT2D eigenvalue weighted by Crippen LogP contribution is 2.75. The molecular formula is C42H50N6O7S. The molecule has 2 aliphatic heterocycles. The van der Waals surface area contributed by atoms with Crippen LogP contribution in [0, 0.1) is 28.6 Å². The molecule has 2 bridgehead atoms. The molecule has 56 heavy (non-hydrogen) atoms. The van der Waals surface area contributed by atoms with Crippen LogP contribution >= 0.6 is 0 Å². The molecule has 1 saturated heterocycles. The van der Waals surface area contributed by atoms with Crippen LogP contribution in [0.5, 0.6) is 5.75 Å². The van der Waals surface area contributed by atoms with Gasteiger partial charge in [0.25, 0.3) is 21.9 Å². The fourth-order valence-corrected chi connectivity index (χ4v) is 11.2. The van der Waals surface area contributed by atoms with Gasteiger partial charge in [-0.25, -0.2) is 13.1 Å². The number of methoxy groups -OCH3 is 1. The number of amides is 3. The molecule has 3 amide bonds. The highest BCUT2D eigenvalue weighted by Gasteiger charge is 2.73. The SMILES string of the molecule is COc1ccc2oc(NC(C(=O)N3C[C@H](C(=O)N[C@]45C[C@@H]4/C=C\CCCCCc4cc6cccc(c6[nH]4)S(=O)(=O)NC5=O)[C@]4(CCC45CC5)C3)C(C)C)nc2c1. The summed E-state index contributed by atoms with van der Waals surface area (Å²) >= 11 is 0. The van der Waals surface area contributed by atoms with E-state index < -0.39 is 38.8 Å². The van der Waals surface area contributed by atoms with Crippen LogP contribution < -0.4 is 20.1 Å². The average molecular weight is 783 g/mol. The number of ether oxygens (including phenoxy) is 1. The molecule has 0 radical (unpaired) electrons. The minimum atomic E-state index is -4.30. The number of H-pyrrole nitrogens is 1. The van der Waals surface area contributed by atoms with Crippen LogP contribution in [0.1, 0.15) is 77.3 Å². The number of rotatable bonds is 7. The van der Waals surface area contributed by atoms with Crippen LogP contribution in [0.3, 0.4) is 0 Å². The zero-order valence-corrected chi connectivity index (χ0v) is 33.0. The summed E-state index contributed by atoms with van der Waals surface area (Å²) in [7, 11) is -2.72. The summed E-state index contributed by atoms with van der Waals surface area (Å²) in [6.45, 7) is 4.57.